The number of hydrogen-bond acceptors (Lipinski definition) is 4. The number of carbonyl (C=O) groups is 1. The second kappa shape index (κ2) is 9.51. The van der Waals surface area contributed by atoms with Crippen molar-refractivity contribution in [1.29, 1.82) is 0 Å². The summed E-state index contributed by atoms with van der Waals surface area (Å²) in [5.41, 5.74) is -4.04. The van der Waals surface area contributed by atoms with Crippen molar-refractivity contribution in [2.45, 2.75) is 37.0 Å². The molecule has 13 heteroatoms. The highest BCUT2D eigenvalue weighted by molar-refractivity contribution is 8.01. The van der Waals surface area contributed by atoms with Gasteiger partial charge in [-0.3, -0.25) is 9.36 Å². The molecule has 1 aliphatic rings. The van der Waals surface area contributed by atoms with E-state index in [1.807, 2.05) is 0 Å². The molecule has 2 aromatic carbocycles. The number of benzene rings is 2. The van der Waals surface area contributed by atoms with Gasteiger partial charge in [-0.2, -0.15) is 26.3 Å². The Balaban J connectivity index is 1.41. The van der Waals surface area contributed by atoms with Crippen molar-refractivity contribution in [2.75, 3.05) is 17.8 Å². The maximum absolute atomic E-state index is 12.7. The summed E-state index contributed by atoms with van der Waals surface area (Å²) < 4.78 is 79.3. The number of carbonyl (C=O) groups excluding carboxylic acids is 1. The lowest BCUT2D eigenvalue weighted by atomic mass is 10.0. The molecule has 2 heterocycles. The molecule has 3 aromatic rings. The number of rotatable bonds is 5. The van der Waals surface area contributed by atoms with Crippen LogP contribution in [0.3, 0.4) is 0 Å². The minimum atomic E-state index is -4.47. The lowest BCUT2D eigenvalue weighted by Crippen LogP contribution is -2.41. The van der Waals surface area contributed by atoms with Gasteiger partial charge in [-0.25, -0.2) is 4.79 Å². The molecule has 4 rings (SSSR count). The van der Waals surface area contributed by atoms with Crippen LogP contribution in [0.1, 0.15) is 30.0 Å². The lowest BCUT2D eigenvalue weighted by molar-refractivity contribution is -0.137. The monoisotopic (exact) mass is 518 g/mol. The Morgan fingerprint density at radius 3 is 2.29 bits per heavy atom. The van der Waals surface area contributed by atoms with E-state index in [1.165, 1.54) is 34.9 Å². The molecule has 0 spiro atoms. The standard InChI is InChI=1S/C22H20F6N4O2S/c23-21(24,25)14-3-1-13(2-4-14)11-19(33)31-9-7-16(8-10-31)32-18-12-15(30-35-22(26,27)28)5-6-17(18)29-20(32)34/h1-6,12,16,30H,7-11H2,(H,29,34). The number of nitrogens with zero attached hydrogens (tertiary/aromatic N) is 2. The van der Waals surface area contributed by atoms with Crippen molar-refractivity contribution < 1.29 is 31.1 Å². The van der Waals surface area contributed by atoms with Gasteiger partial charge in [0, 0.05) is 24.8 Å². The van der Waals surface area contributed by atoms with E-state index in [1.54, 1.807) is 4.90 Å². The summed E-state index contributed by atoms with van der Waals surface area (Å²) in [6.45, 7) is 0.677. The fraction of sp³-hybridized carbons (Fsp3) is 0.364. The van der Waals surface area contributed by atoms with Gasteiger partial charge in [0.15, 0.2) is 0 Å². The molecule has 6 nitrogen and oxygen atoms in total. The minimum Gasteiger partial charge on any atom is -0.342 e. The van der Waals surface area contributed by atoms with Crippen molar-refractivity contribution in [1.82, 2.24) is 14.5 Å². The number of imidazole rings is 1. The molecule has 1 amide bonds. The van der Waals surface area contributed by atoms with Gasteiger partial charge >= 0.3 is 17.4 Å². The number of H-pyrrole nitrogens is 1. The number of amides is 1. The van der Waals surface area contributed by atoms with Gasteiger partial charge in [0.05, 0.1) is 35.0 Å². The Morgan fingerprint density at radius 2 is 1.69 bits per heavy atom. The van der Waals surface area contributed by atoms with Gasteiger partial charge in [-0.1, -0.05) is 12.1 Å². The Bertz CT molecular complexity index is 1260. The number of hydrogen-bond donors (Lipinski definition) is 2. The zero-order valence-corrected chi connectivity index (χ0v) is 18.9. The first-order valence-corrected chi connectivity index (χ1v) is 11.4. The van der Waals surface area contributed by atoms with Crippen LogP contribution in [0.15, 0.2) is 47.3 Å². The summed E-state index contributed by atoms with van der Waals surface area (Å²) in [6.07, 6.45) is -3.60. The molecule has 0 radical (unpaired) electrons. The lowest BCUT2D eigenvalue weighted by Gasteiger charge is -2.32. The molecular weight excluding hydrogens is 498 g/mol. The molecule has 188 valence electrons. The SMILES string of the molecule is O=C(Cc1ccc(C(F)(F)F)cc1)N1CCC(n2c(=O)[nH]c3ccc(NSC(F)(F)F)cc32)CC1. The summed E-state index contributed by atoms with van der Waals surface area (Å²) in [4.78, 5) is 29.5. The molecule has 0 aliphatic carbocycles. The highest BCUT2D eigenvalue weighted by atomic mass is 32.2. The number of alkyl halides is 6. The minimum absolute atomic E-state index is 0.0399. The summed E-state index contributed by atoms with van der Waals surface area (Å²) in [6, 6.07) is 8.59. The van der Waals surface area contributed by atoms with E-state index in [4.69, 9.17) is 0 Å². The zero-order valence-electron chi connectivity index (χ0n) is 18.0. The third kappa shape index (κ3) is 5.95. The van der Waals surface area contributed by atoms with Crippen LogP contribution >= 0.6 is 11.9 Å². The summed E-state index contributed by atoms with van der Waals surface area (Å²) in [5, 5.41) is 0. The summed E-state index contributed by atoms with van der Waals surface area (Å²) >= 11 is -0.398. The van der Waals surface area contributed by atoms with Crippen molar-refractivity contribution in [3.05, 3.63) is 64.1 Å². The first-order chi connectivity index (χ1) is 16.4. The van der Waals surface area contributed by atoms with Crippen molar-refractivity contribution in [3.63, 3.8) is 0 Å². The number of fused-ring (bicyclic) bond motifs is 1. The molecular formula is C22H20F6N4O2S. The quantitative estimate of drug-likeness (QED) is 0.354. The Kier molecular flexibility index (Phi) is 6.80. The first kappa shape index (κ1) is 25.0. The van der Waals surface area contributed by atoms with Crippen LogP contribution in [-0.2, 0) is 17.4 Å². The number of halogens is 6. The molecule has 1 fully saturated rings. The number of nitrogens with one attached hydrogen (secondary N) is 2. The smallest absolute Gasteiger partial charge is 0.342 e. The molecule has 1 aliphatic heterocycles. The van der Waals surface area contributed by atoms with Gasteiger partial charge < -0.3 is 14.6 Å². The normalized spacial score (nSPS) is 15.5. The maximum Gasteiger partial charge on any atom is 0.461 e. The summed E-state index contributed by atoms with van der Waals surface area (Å²) in [5.74, 6) is -0.231. The van der Waals surface area contributed by atoms with Crippen LogP contribution in [0.2, 0.25) is 0 Å². The van der Waals surface area contributed by atoms with Crippen molar-refractivity contribution in [3.8, 4) is 0 Å². The molecule has 2 N–H and O–H groups in total. The van der Waals surface area contributed by atoms with Gasteiger partial charge in [0.2, 0.25) is 5.91 Å². The molecule has 1 aromatic heterocycles. The van der Waals surface area contributed by atoms with Crippen LogP contribution in [0.5, 0.6) is 0 Å². The fourth-order valence-electron chi connectivity index (χ4n) is 4.14. The molecule has 0 atom stereocenters. The van der Waals surface area contributed by atoms with Crippen molar-refractivity contribution >= 4 is 34.6 Å². The van der Waals surface area contributed by atoms with Gasteiger partial charge in [-0.05, 0) is 48.7 Å². The third-order valence-electron chi connectivity index (χ3n) is 5.82. The van der Waals surface area contributed by atoms with Crippen LogP contribution in [0.4, 0.5) is 32.0 Å². The van der Waals surface area contributed by atoms with E-state index >= 15 is 0 Å². The van der Waals surface area contributed by atoms with E-state index < -0.39 is 34.9 Å². The number of anilines is 1. The number of aromatic amines is 1. The average Bonchev–Trinajstić information content (AvgIpc) is 3.12. The van der Waals surface area contributed by atoms with E-state index in [9.17, 15) is 35.9 Å². The van der Waals surface area contributed by atoms with E-state index in [0.717, 1.165) is 12.1 Å². The fourth-order valence-corrected chi connectivity index (χ4v) is 4.50. The maximum atomic E-state index is 12.7. The van der Waals surface area contributed by atoms with Gasteiger partial charge in [0.25, 0.3) is 0 Å². The van der Waals surface area contributed by atoms with Crippen LogP contribution in [0.25, 0.3) is 11.0 Å². The van der Waals surface area contributed by atoms with Crippen LogP contribution in [0, 0.1) is 0 Å². The highest BCUT2D eigenvalue weighted by Crippen LogP contribution is 2.33. The first-order valence-electron chi connectivity index (χ1n) is 10.6. The van der Waals surface area contributed by atoms with Crippen LogP contribution in [-0.4, -0.2) is 39.0 Å². The second-order valence-electron chi connectivity index (χ2n) is 8.17. The van der Waals surface area contributed by atoms with Crippen LogP contribution < -0.4 is 10.4 Å². The average molecular weight is 518 g/mol. The van der Waals surface area contributed by atoms with E-state index in [0.29, 0.717) is 42.5 Å². The zero-order chi connectivity index (χ0) is 25.4. The predicted molar refractivity (Wildman–Crippen MR) is 120 cm³/mol. The second-order valence-corrected chi connectivity index (χ2v) is 9.04. The highest BCUT2D eigenvalue weighted by Gasteiger charge is 2.31. The Labute approximate surface area is 199 Å². The molecule has 0 unspecified atom stereocenters. The molecule has 35 heavy (non-hydrogen) atoms. The van der Waals surface area contributed by atoms with E-state index in [2.05, 4.69) is 9.71 Å². The summed E-state index contributed by atoms with van der Waals surface area (Å²) in [7, 11) is 0. The Hall–Kier alpha value is -3.09. The van der Waals surface area contributed by atoms with E-state index in [-0.39, 0.29) is 24.1 Å². The predicted octanol–water partition coefficient (Wildman–Crippen LogP) is 5.33. The Morgan fingerprint density at radius 1 is 1.03 bits per heavy atom. The largest absolute Gasteiger partial charge is 0.461 e. The van der Waals surface area contributed by atoms with Gasteiger partial charge in [-0.15, -0.1) is 0 Å². The molecule has 1 saturated heterocycles. The molecule has 0 bridgehead atoms. The number of aromatic nitrogens is 2. The number of piperidine rings is 1. The third-order valence-corrected chi connectivity index (χ3v) is 6.39. The molecule has 0 saturated carbocycles. The number of likely N-dealkylation sites (tertiary alicyclic amines) is 1. The topological polar surface area (TPSA) is 70.1 Å². The van der Waals surface area contributed by atoms with Gasteiger partial charge in [0.1, 0.15) is 0 Å². The van der Waals surface area contributed by atoms with Crippen molar-refractivity contribution in [2.24, 2.45) is 0 Å².